The Hall–Kier alpha value is -2.15. The van der Waals surface area contributed by atoms with Crippen molar-refractivity contribution in [2.45, 2.75) is 6.92 Å². The Kier molecular flexibility index (Phi) is 3.66. The highest BCUT2D eigenvalue weighted by molar-refractivity contribution is 9.10. The van der Waals surface area contributed by atoms with Crippen molar-refractivity contribution < 1.29 is 14.1 Å². The summed E-state index contributed by atoms with van der Waals surface area (Å²) in [5.74, 6) is -0.341. The number of amides is 1. The van der Waals surface area contributed by atoms with Crippen LogP contribution in [0.15, 0.2) is 39.4 Å². The largest absolute Gasteiger partial charge is 0.444 e. The van der Waals surface area contributed by atoms with Gasteiger partial charge in [-0.1, -0.05) is 6.07 Å². The molecule has 0 atom stereocenters. The van der Waals surface area contributed by atoms with Crippen LogP contribution in [-0.4, -0.2) is 10.8 Å². The fourth-order valence-electron chi connectivity index (χ4n) is 1.58. The van der Waals surface area contributed by atoms with Crippen LogP contribution in [-0.2, 0) is 0 Å². The maximum atomic E-state index is 11.9. The fraction of sp³-hybridized carbons (Fsp3) is 0.0833. The molecular formula is C12H9BrN2O4. The summed E-state index contributed by atoms with van der Waals surface area (Å²) in [7, 11) is 0. The first kappa shape index (κ1) is 13.3. The first-order valence-corrected chi connectivity index (χ1v) is 6.09. The lowest BCUT2D eigenvalue weighted by Gasteiger charge is -2.06. The second kappa shape index (κ2) is 5.23. The first-order chi connectivity index (χ1) is 8.99. The van der Waals surface area contributed by atoms with E-state index in [1.807, 2.05) is 0 Å². The van der Waals surface area contributed by atoms with Crippen LogP contribution in [0.1, 0.15) is 16.1 Å². The Morgan fingerprint density at radius 1 is 1.37 bits per heavy atom. The summed E-state index contributed by atoms with van der Waals surface area (Å²) in [5.41, 5.74) is 0.733. The van der Waals surface area contributed by atoms with Gasteiger partial charge < -0.3 is 9.73 Å². The van der Waals surface area contributed by atoms with E-state index < -0.39 is 10.8 Å². The molecule has 1 aromatic heterocycles. The molecule has 6 nitrogen and oxygen atoms in total. The topological polar surface area (TPSA) is 85.4 Å². The van der Waals surface area contributed by atoms with Crippen LogP contribution in [0, 0.1) is 17.0 Å². The number of carbonyl (C=O) groups excluding carboxylic acids is 1. The van der Waals surface area contributed by atoms with Gasteiger partial charge in [-0.2, -0.15) is 0 Å². The molecule has 0 aliphatic rings. The van der Waals surface area contributed by atoms with Crippen molar-refractivity contribution in [3.05, 3.63) is 56.4 Å². The van der Waals surface area contributed by atoms with Crippen LogP contribution in [0.25, 0.3) is 0 Å². The minimum absolute atomic E-state index is 0.0431. The predicted molar refractivity (Wildman–Crippen MR) is 72.2 cm³/mol. The second-order valence-corrected chi connectivity index (χ2v) is 4.55. The number of furan rings is 1. The van der Waals surface area contributed by atoms with Crippen molar-refractivity contribution in [2.24, 2.45) is 0 Å². The van der Waals surface area contributed by atoms with Gasteiger partial charge in [-0.05, 0) is 41.1 Å². The van der Waals surface area contributed by atoms with E-state index in [9.17, 15) is 14.9 Å². The Morgan fingerprint density at radius 2 is 2.11 bits per heavy atom. The molecule has 7 heteroatoms. The van der Waals surface area contributed by atoms with E-state index in [0.717, 1.165) is 0 Å². The number of nitrogens with one attached hydrogen (secondary N) is 1. The highest BCUT2D eigenvalue weighted by atomic mass is 79.9. The van der Waals surface area contributed by atoms with Gasteiger partial charge in [0.1, 0.15) is 0 Å². The zero-order valence-corrected chi connectivity index (χ0v) is 11.4. The molecule has 0 spiro atoms. The maximum absolute atomic E-state index is 11.9. The number of halogens is 1. The summed E-state index contributed by atoms with van der Waals surface area (Å²) < 4.78 is 5.54. The number of carbonyl (C=O) groups is 1. The Labute approximate surface area is 116 Å². The second-order valence-electron chi connectivity index (χ2n) is 3.76. The zero-order valence-electron chi connectivity index (χ0n) is 9.84. The van der Waals surface area contributed by atoms with Gasteiger partial charge in [0.15, 0.2) is 10.4 Å². The molecule has 0 radical (unpaired) electrons. The monoisotopic (exact) mass is 324 g/mol. The number of benzene rings is 1. The summed E-state index contributed by atoms with van der Waals surface area (Å²) >= 11 is 3.10. The van der Waals surface area contributed by atoms with E-state index >= 15 is 0 Å². The molecule has 0 saturated carbocycles. The van der Waals surface area contributed by atoms with Gasteiger partial charge in [0.05, 0.1) is 16.2 Å². The van der Waals surface area contributed by atoms with E-state index in [1.165, 1.54) is 18.2 Å². The minimum atomic E-state index is -0.492. The molecule has 0 aliphatic carbocycles. The molecular weight excluding hydrogens is 316 g/mol. The Morgan fingerprint density at radius 3 is 2.68 bits per heavy atom. The Bertz CT molecular complexity index is 651. The van der Waals surface area contributed by atoms with Crippen molar-refractivity contribution in [2.75, 3.05) is 5.32 Å². The van der Waals surface area contributed by atoms with Crippen LogP contribution in [0.4, 0.5) is 11.4 Å². The highest BCUT2D eigenvalue weighted by Gasteiger charge is 2.16. The van der Waals surface area contributed by atoms with Gasteiger partial charge in [-0.25, -0.2) is 0 Å². The van der Waals surface area contributed by atoms with Crippen molar-refractivity contribution in [3.8, 4) is 0 Å². The normalized spacial score (nSPS) is 10.2. The van der Waals surface area contributed by atoms with E-state index in [2.05, 4.69) is 21.2 Å². The number of hydrogen-bond donors (Lipinski definition) is 1. The molecule has 1 N–H and O–H groups in total. The van der Waals surface area contributed by atoms with E-state index in [4.69, 9.17) is 4.42 Å². The molecule has 0 aliphatic heterocycles. The maximum Gasteiger partial charge on any atom is 0.291 e. The van der Waals surface area contributed by atoms with E-state index in [0.29, 0.717) is 15.9 Å². The van der Waals surface area contributed by atoms with Crippen LogP contribution < -0.4 is 5.32 Å². The van der Waals surface area contributed by atoms with E-state index in [1.54, 1.807) is 19.1 Å². The van der Waals surface area contributed by atoms with Crippen molar-refractivity contribution in [1.29, 1.82) is 0 Å². The molecule has 0 fully saturated rings. The number of anilines is 1. The summed E-state index contributed by atoms with van der Waals surface area (Å²) in [4.78, 5) is 22.2. The summed E-state index contributed by atoms with van der Waals surface area (Å²) in [6.07, 6.45) is 0. The number of hydrogen-bond acceptors (Lipinski definition) is 4. The number of nitro groups is 1. The average Bonchev–Trinajstić information content (AvgIpc) is 2.78. The molecule has 0 unspecified atom stereocenters. The number of rotatable bonds is 3. The summed E-state index contributed by atoms with van der Waals surface area (Å²) in [6.45, 7) is 1.58. The third-order valence-electron chi connectivity index (χ3n) is 2.55. The van der Waals surface area contributed by atoms with Gasteiger partial charge >= 0.3 is 0 Å². The van der Waals surface area contributed by atoms with Crippen molar-refractivity contribution in [3.63, 3.8) is 0 Å². The zero-order chi connectivity index (χ0) is 14.0. The van der Waals surface area contributed by atoms with Crippen LogP contribution >= 0.6 is 15.9 Å². The molecule has 1 heterocycles. The SMILES string of the molecule is Cc1c(NC(=O)c2ccc(Br)o2)cccc1[N+](=O)[O-]. The Balaban J connectivity index is 2.27. The average molecular weight is 325 g/mol. The van der Waals surface area contributed by atoms with Gasteiger partial charge in [0.2, 0.25) is 0 Å². The molecule has 2 aromatic rings. The molecule has 98 valence electrons. The van der Waals surface area contributed by atoms with Crippen molar-refractivity contribution >= 4 is 33.2 Å². The van der Waals surface area contributed by atoms with Crippen LogP contribution in [0.2, 0.25) is 0 Å². The minimum Gasteiger partial charge on any atom is -0.444 e. The first-order valence-electron chi connectivity index (χ1n) is 5.29. The third-order valence-corrected chi connectivity index (χ3v) is 2.97. The standard InChI is InChI=1S/C12H9BrN2O4/c1-7-8(3-2-4-9(7)15(17)18)14-12(16)10-5-6-11(13)19-10/h2-6H,1H3,(H,14,16). The molecule has 2 rings (SSSR count). The van der Waals surface area contributed by atoms with Gasteiger partial charge in [-0.15, -0.1) is 0 Å². The van der Waals surface area contributed by atoms with Crippen LogP contribution in [0.3, 0.4) is 0 Å². The smallest absolute Gasteiger partial charge is 0.291 e. The third kappa shape index (κ3) is 2.82. The lowest BCUT2D eigenvalue weighted by molar-refractivity contribution is -0.385. The predicted octanol–water partition coefficient (Wildman–Crippen LogP) is 3.51. The van der Waals surface area contributed by atoms with Gasteiger partial charge in [0, 0.05) is 6.07 Å². The summed E-state index contributed by atoms with van der Waals surface area (Å²) in [5, 5.41) is 13.4. The van der Waals surface area contributed by atoms with E-state index in [-0.39, 0.29) is 11.4 Å². The highest BCUT2D eigenvalue weighted by Crippen LogP contribution is 2.25. The molecule has 0 bridgehead atoms. The quantitative estimate of drug-likeness (QED) is 0.691. The van der Waals surface area contributed by atoms with Gasteiger partial charge in [-0.3, -0.25) is 14.9 Å². The summed E-state index contributed by atoms with van der Waals surface area (Å²) in [6, 6.07) is 7.59. The molecule has 1 aromatic carbocycles. The lowest BCUT2D eigenvalue weighted by atomic mass is 10.1. The number of nitro benzene ring substituents is 1. The molecule has 19 heavy (non-hydrogen) atoms. The fourth-order valence-corrected chi connectivity index (χ4v) is 1.88. The van der Waals surface area contributed by atoms with Gasteiger partial charge in [0.25, 0.3) is 11.6 Å². The number of nitrogens with zero attached hydrogens (tertiary/aromatic N) is 1. The molecule has 0 saturated heterocycles. The molecule has 1 amide bonds. The van der Waals surface area contributed by atoms with Crippen LogP contribution in [0.5, 0.6) is 0 Å². The lowest BCUT2D eigenvalue weighted by Crippen LogP contribution is -2.12. The van der Waals surface area contributed by atoms with Crippen molar-refractivity contribution in [1.82, 2.24) is 0 Å².